The molecule has 10 heteroatoms. The van der Waals surface area contributed by atoms with Gasteiger partial charge in [0.2, 0.25) is 0 Å². The Labute approximate surface area is 208 Å². The molecular formula is C26H19F3N4O2S. The number of nitrogens with one attached hydrogen (secondary N) is 2. The van der Waals surface area contributed by atoms with Crippen molar-refractivity contribution in [2.24, 2.45) is 0 Å². The summed E-state index contributed by atoms with van der Waals surface area (Å²) in [5.41, 5.74) is 0.354. The summed E-state index contributed by atoms with van der Waals surface area (Å²) in [7, 11) is 0. The van der Waals surface area contributed by atoms with Crippen LogP contribution in [0.2, 0.25) is 0 Å². The van der Waals surface area contributed by atoms with E-state index < -0.39 is 40.5 Å². The maximum Gasteiger partial charge on any atom is 0.432 e. The first kappa shape index (κ1) is 23.8. The van der Waals surface area contributed by atoms with Gasteiger partial charge >= 0.3 is 6.18 Å². The van der Waals surface area contributed by atoms with E-state index in [4.69, 9.17) is 0 Å². The van der Waals surface area contributed by atoms with Crippen molar-refractivity contribution in [1.29, 1.82) is 0 Å². The number of aromatic nitrogens is 3. The quantitative estimate of drug-likeness (QED) is 0.384. The van der Waals surface area contributed by atoms with E-state index in [2.05, 4.69) is 15.3 Å². The zero-order valence-electron chi connectivity index (χ0n) is 19.1. The third-order valence-electron chi connectivity index (χ3n) is 5.83. The molecule has 1 aliphatic heterocycles. The molecule has 1 aliphatic rings. The fourth-order valence-electron chi connectivity index (χ4n) is 4.12. The lowest BCUT2D eigenvalue weighted by atomic mass is 9.95. The van der Waals surface area contributed by atoms with Crippen LogP contribution in [0.5, 0.6) is 0 Å². The lowest BCUT2D eigenvalue weighted by Crippen LogP contribution is -2.35. The number of alkyl halides is 3. The standard InChI is InChI=1S/C26H19F3N4O2S/c1-13-4-6-15-19(10-13)36-20-11-14(2)5-7-16(20)21(15)32-24(34)18-12-17(23-30-8-3-9-31-23)22(26(27,28)29)33-25(18)35/h3-12,21H,1-2H3,(H,32,34)(H,33,35). The van der Waals surface area contributed by atoms with E-state index in [0.29, 0.717) is 0 Å². The number of carbonyl (C=O) groups excluding carboxylic acids is 1. The number of hydrogen-bond donors (Lipinski definition) is 2. The van der Waals surface area contributed by atoms with Crippen molar-refractivity contribution >= 4 is 17.7 Å². The van der Waals surface area contributed by atoms with Gasteiger partial charge in [0.1, 0.15) is 11.3 Å². The molecule has 2 aromatic heterocycles. The fraction of sp³-hybridized carbons (Fsp3) is 0.154. The van der Waals surface area contributed by atoms with Gasteiger partial charge in [0.15, 0.2) is 5.82 Å². The van der Waals surface area contributed by atoms with Gasteiger partial charge in [-0.3, -0.25) is 9.59 Å². The van der Waals surface area contributed by atoms with Crippen molar-refractivity contribution in [3.8, 4) is 11.4 Å². The van der Waals surface area contributed by atoms with Gasteiger partial charge < -0.3 is 10.3 Å². The SMILES string of the molecule is Cc1ccc2c(c1)Sc1cc(C)ccc1C2NC(=O)c1cc(-c2ncccn2)c(C(F)(F)F)[nH]c1=O. The summed E-state index contributed by atoms with van der Waals surface area (Å²) in [6.07, 6.45) is -2.31. The number of carbonyl (C=O) groups is 1. The second-order valence-electron chi connectivity index (χ2n) is 8.46. The lowest BCUT2D eigenvalue weighted by Gasteiger charge is -2.29. The molecule has 36 heavy (non-hydrogen) atoms. The van der Waals surface area contributed by atoms with Gasteiger partial charge in [0, 0.05) is 27.7 Å². The van der Waals surface area contributed by atoms with Crippen LogP contribution in [0, 0.1) is 13.8 Å². The van der Waals surface area contributed by atoms with Crippen LogP contribution in [-0.4, -0.2) is 20.9 Å². The van der Waals surface area contributed by atoms with Gasteiger partial charge in [-0.15, -0.1) is 0 Å². The summed E-state index contributed by atoms with van der Waals surface area (Å²) in [6, 6.07) is 13.5. The smallest absolute Gasteiger partial charge is 0.341 e. The van der Waals surface area contributed by atoms with E-state index in [0.717, 1.165) is 38.1 Å². The number of rotatable bonds is 3. The number of hydrogen-bond acceptors (Lipinski definition) is 5. The van der Waals surface area contributed by atoms with Crippen LogP contribution >= 0.6 is 11.8 Å². The topological polar surface area (TPSA) is 87.7 Å². The van der Waals surface area contributed by atoms with Crippen LogP contribution in [0.4, 0.5) is 13.2 Å². The number of nitrogens with zero attached hydrogens (tertiary/aromatic N) is 2. The zero-order valence-corrected chi connectivity index (χ0v) is 19.9. The van der Waals surface area contributed by atoms with Crippen molar-refractivity contribution in [3.63, 3.8) is 0 Å². The maximum absolute atomic E-state index is 13.7. The third-order valence-corrected chi connectivity index (χ3v) is 6.98. The highest BCUT2D eigenvalue weighted by molar-refractivity contribution is 7.99. The normalized spacial score (nSPS) is 13.1. The fourth-order valence-corrected chi connectivity index (χ4v) is 5.46. The molecule has 0 spiro atoms. The Balaban J connectivity index is 1.60. The Morgan fingerprint density at radius 1 is 0.972 bits per heavy atom. The summed E-state index contributed by atoms with van der Waals surface area (Å²) < 4.78 is 41.1. The molecule has 1 amide bonds. The van der Waals surface area contributed by atoms with Crippen molar-refractivity contribution in [1.82, 2.24) is 20.3 Å². The highest BCUT2D eigenvalue weighted by Crippen LogP contribution is 2.45. The maximum atomic E-state index is 13.7. The number of aromatic amines is 1. The first-order chi connectivity index (χ1) is 17.1. The van der Waals surface area contributed by atoms with Gasteiger partial charge in [0.05, 0.1) is 6.04 Å². The van der Waals surface area contributed by atoms with Crippen LogP contribution in [0.15, 0.2) is 75.5 Å². The van der Waals surface area contributed by atoms with Gasteiger partial charge in [0.25, 0.3) is 11.5 Å². The van der Waals surface area contributed by atoms with E-state index in [1.54, 1.807) is 11.8 Å². The minimum Gasteiger partial charge on any atom is -0.341 e. The minimum absolute atomic E-state index is 0.258. The molecule has 0 saturated heterocycles. The number of amides is 1. The molecule has 0 atom stereocenters. The molecule has 0 fully saturated rings. The molecule has 0 unspecified atom stereocenters. The molecule has 0 bridgehead atoms. The van der Waals surface area contributed by atoms with Crippen molar-refractivity contribution in [2.75, 3.05) is 0 Å². The number of aryl methyl sites for hydroxylation is 2. The highest BCUT2D eigenvalue weighted by atomic mass is 32.2. The first-order valence-electron chi connectivity index (χ1n) is 10.9. The lowest BCUT2D eigenvalue weighted by molar-refractivity contribution is -0.140. The molecular weight excluding hydrogens is 489 g/mol. The molecule has 0 radical (unpaired) electrons. The molecule has 4 aromatic rings. The molecule has 6 nitrogen and oxygen atoms in total. The van der Waals surface area contributed by atoms with E-state index in [1.165, 1.54) is 18.5 Å². The second kappa shape index (κ2) is 8.94. The van der Waals surface area contributed by atoms with Crippen molar-refractivity contribution in [3.05, 3.63) is 105 Å². The summed E-state index contributed by atoms with van der Waals surface area (Å²) in [5, 5.41) is 2.87. The van der Waals surface area contributed by atoms with Crippen LogP contribution < -0.4 is 10.9 Å². The Hall–Kier alpha value is -3.92. The van der Waals surface area contributed by atoms with Crippen molar-refractivity contribution in [2.45, 2.75) is 35.9 Å². The largest absolute Gasteiger partial charge is 0.432 e. The second-order valence-corrected chi connectivity index (χ2v) is 9.55. The molecule has 2 aromatic carbocycles. The Morgan fingerprint density at radius 3 is 2.11 bits per heavy atom. The predicted molar refractivity (Wildman–Crippen MR) is 129 cm³/mol. The zero-order chi connectivity index (χ0) is 25.6. The van der Waals surface area contributed by atoms with E-state index in [9.17, 15) is 22.8 Å². The predicted octanol–water partition coefficient (Wildman–Crippen LogP) is 5.45. The monoisotopic (exact) mass is 508 g/mol. The number of benzene rings is 2. The Morgan fingerprint density at radius 2 is 1.56 bits per heavy atom. The summed E-state index contributed by atoms with van der Waals surface area (Å²) in [6.45, 7) is 3.93. The van der Waals surface area contributed by atoms with Gasteiger partial charge in [-0.2, -0.15) is 13.2 Å². The Bertz CT molecular complexity index is 1500. The van der Waals surface area contributed by atoms with Gasteiger partial charge in [-0.25, -0.2) is 9.97 Å². The minimum atomic E-state index is -4.88. The molecule has 2 N–H and O–H groups in total. The molecule has 182 valence electrons. The summed E-state index contributed by atoms with van der Waals surface area (Å²) >= 11 is 1.58. The summed E-state index contributed by atoms with van der Waals surface area (Å²) in [4.78, 5) is 37.5. The number of halogens is 3. The Kier molecular flexibility index (Phi) is 5.91. The first-order valence-corrected chi connectivity index (χ1v) is 11.7. The van der Waals surface area contributed by atoms with Crippen molar-refractivity contribution < 1.29 is 18.0 Å². The van der Waals surface area contributed by atoms with E-state index >= 15 is 0 Å². The molecule has 0 saturated carbocycles. The van der Waals surface area contributed by atoms with Crippen LogP contribution in [0.1, 0.15) is 44.3 Å². The molecule has 5 rings (SSSR count). The van der Waals surface area contributed by atoms with Crippen LogP contribution in [0.25, 0.3) is 11.4 Å². The van der Waals surface area contributed by atoms with E-state index in [1.807, 2.05) is 55.2 Å². The van der Waals surface area contributed by atoms with Gasteiger partial charge in [-0.1, -0.05) is 36.0 Å². The molecule has 3 heterocycles. The average molecular weight is 509 g/mol. The molecule has 0 aliphatic carbocycles. The number of H-pyrrole nitrogens is 1. The van der Waals surface area contributed by atoms with Gasteiger partial charge in [-0.05, 0) is 60.4 Å². The highest BCUT2D eigenvalue weighted by Gasteiger charge is 2.37. The van der Waals surface area contributed by atoms with Crippen LogP contribution in [-0.2, 0) is 6.18 Å². The van der Waals surface area contributed by atoms with Crippen LogP contribution in [0.3, 0.4) is 0 Å². The van der Waals surface area contributed by atoms with E-state index in [-0.39, 0.29) is 5.82 Å². The third kappa shape index (κ3) is 4.39. The average Bonchev–Trinajstić information content (AvgIpc) is 2.83. The number of fused-ring (bicyclic) bond motifs is 2. The number of pyridine rings is 1. The summed E-state index contributed by atoms with van der Waals surface area (Å²) in [5.74, 6) is -1.07.